The van der Waals surface area contributed by atoms with E-state index in [2.05, 4.69) is 20.4 Å². The zero-order valence-corrected chi connectivity index (χ0v) is 19.7. The van der Waals surface area contributed by atoms with Gasteiger partial charge in [-0.2, -0.15) is 13.2 Å². The Morgan fingerprint density at radius 3 is 2.79 bits per heavy atom. The van der Waals surface area contributed by atoms with Gasteiger partial charge in [-0.3, -0.25) is 9.69 Å². The molecule has 0 atom stereocenters. The van der Waals surface area contributed by atoms with E-state index in [0.29, 0.717) is 16.7 Å². The number of thiazole rings is 1. The van der Waals surface area contributed by atoms with E-state index < -0.39 is 12.6 Å². The van der Waals surface area contributed by atoms with E-state index in [1.807, 2.05) is 6.92 Å². The molecule has 4 rings (SSSR count). The summed E-state index contributed by atoms with van der Waals surface area (Å²) >= 11 is 1.45. The van der Waals surface area contributed by atoms with Gasteiger partial charge in [0.25, 0.3) is 0 Å². The highest BCUT2D eigenvalue weighted by atomic mass is 32.1. The largest absolute Gasteiger partial charge is 0.389 e. The van der Waals surface area contributed by atoms with Gasteiger partial charge in [0.2, 0.25) is 5.91 Å². The van der Waals surface area contributed by atoms with Gasteiger partial charge in [0, 0.05) is 42.9 Å². The molecule has 0 aromatic carbocycles. The number of rotatable bonds is 8. The number of halogens is 3. The molecule has 1 saturated carbocycles. The Bertz CT molecular complexity index is 935. The SMILES string of the molecule is Cc1cc(CC(=O)NC2CCC(CCN3CCc4sc(CCC(F)(F)F)nc4C3)CC2)on1. The number of aryl methyl sites for hydroxylation is 2. The van der Waals surface area contributed by atoms with Crippen LogP contribution in [0.15, 0.2) is 10.6 Å². The molecule has 0 bridgehead atoms. The fourth-order valence-corrected chi connectivity index (χ4v) is 5.82. The van der Waals surface area contributed by atoms with Crippen LogP contribution in [0.4, 0.5) is 13.2 Å². The molecule has 1 N–H and O–H groups in total. The van der Waals surface area contributed by atoms with Crippen molar-refractivity contribution in [2.24, 2.45) is 5.92 Å². The Hall–Kier alpha value is -1.94. The van der Waals surface area contributed by atoms with Crippen molar-refractivity contribution < 1.29 is 22.5 Å². The predicted molar refractivity (Wildman–Crippen MR) is 119 cm³/mol. The molecule has 2 aliphatic rings. The monoisotopic (exact) mass is 484 g/mol. The lowest BCUT2D eigenvalue weighted by Crippen LogP contribution is -2.39. The molecule has 182 valence electrons. The minimum absolute atomic E-state index is 0.0149. The molecule has 33 heavy (non-hydrogen) atoms. The standard InChI is InChI=1S/C23H31F3N4O2S/c1-15-12-18(32-29-15)13-21(31)27-17-4-2-16(3-5-17)7-10-30-11-8-20-19(14-30)28-22(33-20)6-9-23(24,25)26/h12,16-17H,2-11,13-14H2,1H3,(H,27,31). The molecule has 0 spiro atoms. The second-order valence-electron chi connectivity index (χ2n) is 9.30. The Kier molecular flexibility index (Phi) is 7.73. The van der Waals surface area contributed by atoms with Crippen molar-refractivity contribution in [1.82, 2.24) is 20.4 Å². The van der Waals surface area contributed by atoms with Gasteiger partial charge in [-0.15, -0.1) is 11.3 Å². The van der Waals surface area contributed by atoms with Gasteiger partial charge in [-0.1, -0.05) is 5.16 Å². The first kappa shape index (κ1) is 24.2. The molecule has 2 aromatic heterocycles. The van der Waals surface area contributed by atoms with Crippen molar-refractivity contribution in [3.8, 4) is 0 Å². The summed E-state index contributed by atoms with van der Waals surface area (Å²) in [6.45, 7) is 4.51. The topological polar surface area (TPSA) is 71.3 Å². The molecular weight excluding hydrogens is 453 g/mol. The molecule has 0 radical (unpaired) electrons. The quantitative estimate of drug-likeness (QED) is 0.593. The molecule has 1 aliphatic carbocycles. The summed E-state index contributed by atoms with van der Waals surface area (Å²) in [5.74, 6) is 1.22. The summed E-state index contributed by atoms with van der Waals surface area (Å²) in [4.78, 5) is 20.3. The number of aromatic nitrogens is 2. The van der Waals surface area contributed by atoms with E-state index in [1.54, 1.807) is 6.07 Å². The number of carbonyl (C=O) groups is 1. The molecule has 6 nitrogen and oxygen atoms in total. The summed E-state index contributed by atoms with van der Waals surface area (Å²) in [7, 11) is 0. The lowest BCUT2D eigenvalue weighted by Gasteiger charge is -2.32. The van der Waals surface area contributed by atoms with Gasteiger partial charge in [0.15, 0.2) is 0 Å². The third kappa shape index (κ3) is 7.27. The van der Waals surface area contributed by atoms with Crippen LogP contribution in [-0.4, -0.2) is 46.3 Å². The zero-order valence-electron chi connectivity index (χ0n) is 18.9. The van der Waals surface area contributed by atoms with Crippen LogP contribution in [0.5, 0.6) is 0 Å². The molecule has 0 saturated heterocycles. The lowest BCUT2D eigenvalue weighted by molar-refractivity contribution is -0.134. The number of hydrogen-bond donors (Lipinski definition) is 1. The van der Waals surface area contributed by atoms with Crippen LogP contribution in [-0.2, 0) is 30.6 Å². The van der Waals surface area contributed by atoms with Crippen LogP contribution in [0.3, 0.4) is 0 Å². The first-order chi connectivity index (χ1) is 15.7. The number of alkyl halides is 3. The number of nitrogens with zero attached hydrogens (tertiary/aromatic N) is 3. The van der Waals surface area contributed by atoms with Gasteiger partial charge < -0.3 is 9.84 Å². The normalized spacial score (nSPS) is 21.7. The van der Waals surface area contributed by atoms with Crippen LogP contribution >= 0.6 is 11.3 Å². The molecule has 10 heteroatoms. The summed E-state index contributed by atoms with van der Waals surface area (Å²) < 4.78 is 42.6. The van der Waals surface area contributed by atoms with Crippen molar-refractivity contribution in [2.75, 3.05) is 13.1 Å². The maximum atomic E-state index is 12.5. The van der Waals surface area contributed by atoms with Crippen molar-refractivity contribution in [3.05, 3.63) is 33.1 Å². The Morgan fingerprint density at radius 1 is 1.30 bits per heavy atom. The number of nitrogens with one attached hydrogen (secondary N) is 1. The van der Waals surface area contributed by atoms with Crippen LogP contribution < -0.4 is 5.32 Å². The fraction of sp³-hybridized carbons (Fsp3) is 0.696. The molecule has 2 aromatic rings. The highest BCUT2D eigenvalue weighted by molar-refractivity contribution is 7.11. The molecular formula is C23H31F3N4O2S. The molecule has 0 unspecified atom stereocenters. The molecule has 1 fully saturated rings. The van der Waals surface area contributed by atoms with Crippen molar-refractivity contribution >= 4 is 17.2 Å². The van der Waals surface area contributed by atoms with Crippen molar-refractivity contribution in [2.45, 2.75) is 83.5 Å². The van der Waals surface area contributed by atoms with Crippen LogP contribution in [0.1, 0.15) is 65.6 Å². The summed E-state index contributed by atoms with van der Waals surface area (Å²) in [6, 6.07) is 2.01. The predicted octanol–water partition coefficient (Wildman–Crippen LogP) is 4.60. The second kappa shape index (κ2) is 10.5. The average molecular weight is 485 g/mol. The summed E-state index contributed by atoms with van der Waals surface area (Å²) in [6.07, 6.45) is 1.46. The van der Waals surface area contributed by atoms with E-state index in [4.69, 9.17) is 4.52 Å². The zero-order chi connectivity index (χ0) is 23.4. The van der Waals surface area contributed by atoms with Crippen LogP contribution in [0.2, 0.25) is 0 Å². The van der Waals surface area contributed by atoms with Crippen LogP contribution in [0, 0.1) is 12.8 Å². The third-order valence-corrected chi connectivity index (χ3v) is 7.77. The van der Waals surface area contributed by atoms with E-state index in [-0.39, 0.29) is 24.8 Å². The highest BCUT2D eigenvalue weighted by Crippen LogP contribution is 2.31. The molecule has 1 amide bonds. The maximum absolute atomic E-state index is 12.5. The smallest absolute Gasteiger partial charge is 0.361 e. The van der Waals surface area contributed by atoms with Gasteiger partial charge in [-0.25, -0.2) is 4.98 Å². The lowest BCUT2D eigenvalue weighted by atomic mass is 9.84. The Balaban J connectivity index is 1.15. The molecule has 3 heterocycles. The maximum Gasteiger partial charge on any atom is 0.389 e. The second-order valence-corrected chi connectivity index (χ2v) is 10.5. The molecule has 1 aliphatic heterocycles. The van der Waals surface area contributed by atoms with Crippen LogP contribution in [0.25, 0.3) is 0 Å². The minimum Gasteiger partial charge on any atom is -0.361 e. The first-order valence-electron chi connectivity index (χ1n) is 11.7. The van der Waals surface area contributed by atoms with Gasteiger partial charge in [-0.05, 0) is 57.9 Å². The van der Waals surface area contributed by atoms with E-state index >= 15 is 0 Å². The van der Waals surface area contributed by atoms with Crippen molar-refractivity contribution in [1.29, 1.82) is 0 Å². The highest BCUT2D eigenvalue weighted by Gasteiger charge is 2.29. The third-order valence-electron chi connectivity index (χ3n) is 6.55. The number of carbonyl (C=O) groups excluding carboxylic acids is 1. The summed E-state index contributed by atoms with van der Waals surface area (Å²) in [5.41, 5.74) is 1.75. The van der Waals surface area contributed by atoms with Gasteiger partial charge >= 0.3 is 6.18 Å². The number of fused-ring (bicyclic) bond motifs is 1. The average Bonchev–Trinajstić information content (AvgIpc) is 3.36. The van der Waals surface area contributed by atoms with E-state index in [1.165, 1.54) is 11.3 Å². The Labute approximate surface area is 195 Å². The number of hydrogen-bond acceptors (Lipinski definition) is 6. The van der Waals surface area contributed by atoms with E-state index in [9.17, 15) is 18.0 Å². The first-order valence-corrected chi connectivity index (χ1v) is 12.5. The van der Waals surface area contributed by atoms with Crippen molar-refractivity contribution in [3.63, 3.8) is 0 Å². The summed E-state index contributed by atoms with van der Waals surface area (Å²) in [5, 5.41) is 7.54. The minimum atomic E-state index is -4.13. The fourth-order valence-electron chi connectivity index (χ4n) is 4.75. The van der Waals surface area contributed by atoms with Gasteiger partial charge in [0.05, 0.1) is 22.8 Å². The van der Waals surface area contributed by atoms with E-state index in [0.717, 1.165) is 74.4 Å². The number of amides is 1. The van der Waals surface area contributed by atoms with Gasteiger partial charge in [0.1, 0.15) is 5.76 Å². The Morgan fingerprint density at radius 2 is 2.09 bits per heavy atom.